The summed E-state index contributed by atoms with van der Waals surface area (Å²) in [7, 11) is 2.26. The Labute approximate surface area is 145 Å². The highest BCUT2D eigenvalue weighted by atomic mass is 16.5. The molecule has 2 unspecified atom stereocenters. The van der Waals surface area contributed by atoms with Gasteiger partial charge in [-0.25, -0.2) is 4.98 Å². The first-order valence-electron chi connectivity index (χ1n) is 9.59. The molecule has 1 aromatic heterocycles. The van der Waals surface area contributed by atoms with Crippen LogP contribution in [-0.2, 0) is 0 Å². The van der Waals surface area contributed by atoms with Crippen molar-refractivity contribution in [1.82, 2.24) is 14.8 Å². The minimum absolute atomic E-state index is 0.308. The minimum Gasteiger partial charge on any atom is -0.485 e. The molecule has 24 heavy (non-hydrogen) atoms. The summed E-state index contributed by atoms with van der Waals surface area (Å²) in [6.07, 6.45) is 8.55. The van der Waals surface area contributed by atoms with E-state index in [2.05, 4.69) is 32.8 Å². The summed E-state index contributed by atoms with van der Waals surface area (Å²) in [6.45, 7) is 6.89. The number of likely N-dealkylation sites (tertiary alicyclic amines) is 2. The van der Waals surface area contributed by atoms with Crippen molar-refractivity contribution in [3.8, 4) is 5.75 Å². The lowest BCUT2D eigenvalue weighted by Gasteiger charge is -2.26. The SMILES string of the molecule is CN1CCCC1CN1CCC(Oc2cccnc2N2CCCC2)C1. The summed E-state index contributed by atoms with van der Waals surface area (Å²) in [5, 5.41) is 0. The number of ether oxygens (including phenoxy) is 1. The van der Waals surface area contributed by atoms with Crippen LogP contribution in [0.3, 0.4) is 0 Å². The van der Waals surface area contributed by atoms with E-state index in [4.69, 9.17) is 4.74 Å². The zero-order valence-corrected chi connectivity index (χ0v) is 14.9. The molecule has 0 spiro atoms. The summed E-state index contributed by atoms with van der Waals surface area (Å²) in [6, 6.07) is 4.82. The van der Waals surface area contributed by atoms with Gasteiger partial charge in [-0.05, 0) is 57.8 Å². The molecule has 0 aliphatic carbocycles. The largest absolute Gasteiger partial charge is 0.485 e. The second kappa shape index (κ2) is 7.28. The van der Waals surface area contributed by atoms with Gasteiger partial charge in [-0.15, -0.1) is 0 Å². The number of pyridine rings is 1. The van der Waals surface area contributed by atoms with Crippen LogP contribution in [0.1, 0.15) is 32.1 Å². The lowest BCUT2D eigenvalue weighted by Crippen LogP contribution is -2.38. The summed E-state index contributed by atoms with van der Waals surface area (Å²) >= 11 is 0. The topological polar surface area (TPSA) is 31.8 Å². The maximum Gasteiger partial charge on any atom is 0.171 e. The van der Waals surface area contributed by atoms with Crippen LogP contribution >= 0.6 is 0 Å². The summed E-state index contributed by atoms with van der Waals surface area (Å²) < 4.78 is 6.38. The molecule has 132 valence electrons. The van der Waals surface area contributed by atoms with Crippen molar-refractivity contribution in [3.05, 3.63) is 18.3 Å². The van der Waals surface area contributed by atoms with Gasteiger partial charge < -0.3 is 14.5 Å². The van der Waals surface area contributed by atoms with Crippen molar-refractivity contribution in [1.29, 1.82) is 0 Å². The van der Waals surface area contributed by atoms with Crippen LogP contribution in [0.2, 0.25) is 0 Å². The van der Waals surface area contributed by atoms with Crippen LogP contribution in [0.25, 0.3) is 0 Å². The minimum atomic E-state index is 0.308. The molecule has 0 amide bonds. The molecular formula is C19H30N4O. The van der Waals surface area contributed by atoms with Crippen LogP contribution in [-0.4, -0.2) is 73.2 Å². The van der Waals surface area contributed by atoms with Crippen molar-refractivity contribution >= 4 is 5.82 Å². The second-order valence-corrected chi connectivity index (χ2v) is 7.58. The molecule has 3 aliphatic rings. The van der Waals surface area contributed by atoms with Gasteiger partial charge in [0.15, 0.2) is 11.6 Å². The van der Waals surface area contributed by atoms with E-state index in [9.17, 15) is 0 Å². The average molecular weight is 330 g/mol. The van der Waals surface area contributed by atoms with Crippen LogP contribution in [0, 0.1) is 0 Å². The first-order valence-corrected chi connectivity index (χ1v) is 9.59. The van der Waals surface area contributed by atoms with Gasteiger partial charge in [0, 0.05) is 45.0 Å². The van der Waals surface area contributed by atoms with E-state index >= 15 is 0 Å². The van der Waals surface area contributed by atoms with Gasteiger partial charge >= 0.3 is 0 Å². The van der Waals surface area contributed by atoms with Crippen molar-refractivity contribution < 1.29 is 4.74 Å². The monoisotopic (exact) mass is 330 g/mol. The van der Waals surface area contributed by atoms with E-state index in [1.807, 2.05) is 12.3 Å². The Bertz CT molecular complexity index is 546. The number of anilines is 1. The maximum absolute atomic E-state index is 6.38. The highest BCUT2D eigenvalue weighted by Crippen LogP contribution is 2.30. The van der Waals surface area contributed by atoms with E-state index in [0.717, 1.165) is 50.2 Å². The predicted molar refractivity (Wildman–Crippen MR) is 96.8 cm³/mol. The first-order chi connectivity index (χ1) is 11.8. The lowest BCUT2D eigenvalue weighted by atomic mass is 10.2. The van der Waals surface area contributed by atoms with Crippen molar-refractivity contribution in [3.63, 3.8) is 0 Å². The number of rotatable bonds is 5. The molecule has 5 nitrogen and oxygen atoms in total. The lowest BCUT2D eigenvalue weighted by molar-refractivity contribution is 0.179. The number of aromatic nitrogens is 1. The Morgan fingerprint density at radius 1 is 1.12 bits per heavy atom. The fourth-order valence-corrected chi connectivity index (χ4v) is 4.39. The summed E-state index contributed by atoms with van der Waals surface area (Å²) in [5.74, 6) is 2.02. The molecule has 0 radical (unpaired) electrons. The fraction of sp³-hybridized carbons (Fsp3) is 0.737. The van der Waals surface area contributed by atoms with Crippen molar-refractivity contribution in [2.75, 3.05) is 51.2 Å². The van der Waals surface area contributed by atoms with Crippen LogP contribution < -0.4 is 9.64 Å². The quantitative estimate of drug-likeness (QED) is 0.826. The van der Waals surface area contributed by atoms with Gasteiger partial charge in [0.05, 0.1) is 0 Å². The molecule has 0 bridgehead atoms. The number of nitrogens with zero attached hydrogens (tertiary/aromatic N) is 4. The molecule has 2 atom stereocenters. The van der Waals surface area contributed by atoms with Gasteiger partial charge in [-0.1, -0.05) is 0 Å². The molecule has 3 aliphatic heterocycles. The van der Waals surface area contributed by atoms with E-state index in [-0.39, 0.29) is 0 Å². The number of hydrogen-bond acceptors (Lipinski definition) is 5. The zero-order valence-electron chi connectivity index (χ0n) is 14.9. The molecular weight excluding hydrogens is 300 g/mol. The van der Waals surface area contributed by atoms with E-state index < -0.39 is 0 Å². The molecule has 4 heterocycles. The third kappa shape index (κ3) is 3.52. The van der Waals surface area contributed by atoms with Crippen molar-refractivity contribution in [2.24, 2.45) is 0 Å². The summed E-state index contributed by atoms with van der Waals surface area (Å²) in [4.78, 5) is 12.1. The predicted octanol–water partition coefficient (Wildman–Crippen LogP) is 2.23. The molecule has 1 aromatic rings. The third-order valence-electron chi connectivity index (χ3n) is 5.82. The van der Waals surface area contributed by atoms with E-state index in [1.54, 1.807) is 0 Å². The van der Waals surface area contributed by atoms with Crippen LogP contribution in [0.5, 0.6) is 5.75 Å². The molecule has 0 saturated carbocycles. The van der Waals surface area contributed by atoms with Gasteiger partial charge in [0.25, 0.3) is 0 Å². The molecule has 5 heteroatoms. The normalized spacial score (nSPS) is 28.8. The van der Waals surface area contributed by atoms with E-state index in [0.29, 0.717) is 6.10 Å². The Morgan fingerprint density at radius 2 is 2.00 bits per heavy atom. The Hall–Kier alpha value is -1.33. The maximum atomic E-state index is 6.38. The Balaban J connectivity index is 1.35. The highest BCUT2D eigenvalue weighted by Gasteiger charge is 2.30. The Morgan fingerprint density at radius 3 is 2.79 bits per heavy atom. The van der Waals surface area contributed by atoms with Crippen molar-refractivity contribution in [2.45, 2.75) is 44.2 Å². The molecule has 3 fully saturated rings. The Kier molecular flexibility index (Phi) is 4.90. The van der Waals surface area contributed by atoms with Crippen LogP contribution in [0.15, 0.2) is 18.3 Å². The fourth-order valence-electron chi connectivity index (χ4n) is 4.39. The molecule has 0 aromatic carbocycles. The highest BCUT2D eigenvalue weighted by molar-refractivity contribution is 5.52. The van der Waals surface area contributed by atoms with Gasteiger partial charge in [0.1, 0.15) is 6.10 Å². The van der Waals surface area contributed by atoms with Gasteiger partial charge in [-0.3, -0.25) is 4.90 Å². The van der Waals surface area contributed by atoms with Crippen LogP contribution in [0.4, 0.5) is 5.82 Å². The second-order valence-electron chi connectivity index (χ2n) is 7.58. The van der Waals surface area contributed by atoms with Gasteiger partial charge in [0.2, 0.25) is 0 Å². The number of hydrogen-bond donors (Lipinski definition) is 0. The number of likely N-dealkylation sites (N-methyl/N-ethyl adjacent to an activating group) is 1. The standard InChI is InChI=1S/C19H30N4O/c1-21-10-5-6-16(21)14-22-13-8-17(15-22)24-18-7-4-9-20-19(18)23-11-2-3-12-23/h4,7,9,16-17H,2-3,5-6,8,10-15H2,1H3. The smallest absolute Gasteiger partial charge is 0.171 e. The van der Waals surface area contributed by atoms with E-state index in [1.165, 1.54) is 38.8 Å². The average Bonchev–Trinajstić information content (AvgIpc) is 3.32. The molecule has 4 rings (SSSR count). The molecule has 3 saturated heterocycles. The third-order valence-corrected chi connectivity index (χ3v) is 5.82. The molecule has 0 N–H and O–H groups in total. The summed E-state index contributed by atoms with van der Waals surface area (Å²) in [5.41, 5.74) is 0. The zero-order chi connectivity index (χ0) is 16.4. The van der Waals surface area contributed by atoms with Gasteiger partial charge in [-0.2, -0.15) is 0 Å². The first kappa shape index (κ1) is 16.2.